The Labute approximate surface area is 103 Å². The molecule has 0 aliphatic rings. The van der Waals surface area contributed by atoms with E-state index in [1.165, 1.54) is 17.4 Å². The molecule has 0 spiro atoms. The zero-order chi connectivity index (χ0) is 12.3. The number of carbonyl (C=O) groups excluding carboxylic acids is 1. The molecule has 0 aliphatic heterocycles. The number of carbonyl (C=O) groups is 1. The van der Waals surface area contributed by atoms with Gasteiger partial charge in [0.2, 0.25) is 0 Å². The number of nitrogens with zero attached hydrogens (tertiary/aromatic N) is 2. The number of hydrogen-bond donors (Lipinski definition) is 0. The van der Waals surface area contributed by atoms with E-state index in [9.17, 15) is 9.18 Å². The van der Waals surface area contributed by atoms with Crippen LogP contribution in [0.4, 0.5) is 10.1 Å². The summed E-state index contributed by atoms with van der Waals surface area (Å²) in [5.41, 5.74) is 3.31. The van der Waals surface area contributed by atoms with E-state index in [1.807, 2.05) is 10.3 Å². The SMILES string of the molecule is CN(Cc1cscn1)c1cccc(F)c1C=O. The maximum atomic E-state index is 13.4. The lowest BCUT2D eigenvalue weighted by atomic mass is 10.1. The van der Waals surface area contributed by atoms with E-state index in [-0.39, 0.29) is 5.56 Å². The van der Waals surface area contributed by atoms with Gasteiger partial charge in [-0.3, -0.25) is 4.79 Å². The monoisotopic (exact) mass is 250 g/mol. The van der Waals surface area contributed by atoms with Crippen molar-refractivity contribution in [2.24, 2.45) is 0 Å². The second-order valence-electron chi connectivity index (χ2n) is 3.63. The first kappa shape index (κ1) is 11.7. The van der Waals surface area contributed by atoms with Crippen molar-refractivity contribution in [2.75, 3.05) is 11.9 Å². The summed E-state index contributed by atoms with van der Waals surface area (Å²) in [6.45, 7) is 0.549. The first-order valence-electron chi connectivity index (χ1n) is 5.04. The summed E-state index contributed by atoms with van der Waals surface area (Å²) in [4.78, 5) is 16.8. The van der Waals surface area contributed by atoms with Crippen molar-refractivity contribution < 1.29 is 9.18 Å². The molecular formula is C12H11FN2OS. The van der Waals surface area contributed by atoms with Gasteiger partial charge in [0.15, 0.2) is 6.29 Å². The van der Waals surface area contributed by atoms with Crippen LogP contribution in [0.3, 0.4) is 0 Å². The van der Waals surface area contributed by atoms with Gasteiger partial charge >= 0.3 is 0 Å². The number of hydrogen-bond acceptors (Lipinski definition) is 4. The molecule has 17 heavy (non-hydrogen) atoms. The van der Waals surface area contributed by atoms with Gasteiger partial charge in [-0.15, -0.1) is 11.3 Å². The Hall–Kier alpha value is -1.75. The van der Waals surface area contributed by atoms with E-state index in [2.05, 4.69) is 4.98 Å². The summed E-state index contributed by atoms with van der Waals surface area (Å²) in [5.74, 6) is -0.498. The quantitative estimate of drug-likeness (QED) is 0.782. The van der Waals surface area contributed by atoms with Gasteiger partial charge < -0.3 is 4.90 Å². The Morgan fingerprint density at radius 2 is 2.35 bits per heavy atom. The molecule has 0 saturated carbocycles. The molecule has 88 valence electrons. The van der Waals surface area contributed by atoms with Crippen molar-refractivity contribution in [2.45, 2.75) is 6.54 Å². The number of rotatable bonds is 4. The minimum Gasteiger partial charge on any atom is -0.368 e. The molecular weight excluding hydrogens is 239 g/mol. The number of benzene rings is 1. The molecule has 0 fully saturated rings. The Kier molecular flexibility index (Phi) is 3.49. The second-order valence-corrected chi connectivity index (χ2v) is 4.35. The molecule has 2 rings (SSSR count). The largest absolute Gasteiger partial charge is 0.368 e. The van der Waals surface area contributed by atoms with Crippen molar-refractivity contribution in [3.05, 3.63) is 46.2 Å². The minimum atomic E-state index is -0.498. The lowest BCUT2D eigenvalue weighted by molar-refractivity contribution is 0.112. The topological polar surface area (TPSA) is 33.2 Å². The molecule has 1 aromatic heterocycles. The zero-order valence-electron chi connectivity index (χ0n) is 9.26. The van der Waals surface area contributed by atoms with Crippen LogP contribution in [0.2, 0.25) is 0 Å². The lowest BCUT2D eigenvalue weighted by Crippen LogP contribution is -2.18. The minimum absolute atomic E-state index is 0.0882. The van der Waals surface area contributed by atoms with Gasteiger partial charge in [-0.2, -0.15) is 0 Å². The van der Waals surface area contributed by atoms with E-state index >= 15 is 0 Å². The van der Waals surface area contributed by atoms with Crippen molar-refractivity contribution in [3.63, 3.8) is 0 Å². The highest BCUT2D eigenvalue weighted by Gasteiger charge is 2.11. The summed E-state index contributed by atoms with van der Waals surface area (Å²) >= 11 is 1.51. The van der Waals surface area contributed by atoms with Crippen LogP contribution < -0.4 is 4.90 Å². The summed E-state index contributed by atoms with van der Waals surface area (Å²) in [5, 5.41) is 1.93. The molecule has 0 radical (unpaired) electrons. The fraction of sp³-hybridized carbons (Fsp3) is 0.167. The summed E-state index contributed by atoms with van der Waals surface area (Å²) in [6.07, 6.45) is 0.544. The lowest BCUT2D eigenvalue weighted by Gasteiger charge is -2.19. The summed E-state index contributed by atoms with van der Waals surface area (Å²) in [7, 11) is 1.81. The van der Waals surface area contributed by atoms with Gasteiger partial charge in [0, 0.05) is 12.4 Å². The molecule has 3 nitrogen and oxygen atoms in total. The maximum absolute atomic E-state index is 13.4. The van der Waals surface area contributed by atoms with Crippen LogP contribution in [0.5, 0.6) is 0 Å². The Morgan fingerprint density at radius 3 is 3.00 bits per heavy atom. The van der Waals surface area contributed by atoms with Gasteiger partial charge in [-0.25, -0.2) is 9.37 Å². The third kappa shape index (κ3) is 2.50. The van der Waals surface area contributed by atoms with Crippen LogP contribution >= 0.6 is 11.3 Å². The molecule has 0 atom stereocenters. The molecule has 1 aromatic carbocycles. The van der Waals surface area contributed by atoms with Crippen molar-refractivity contribution in [3.8, 4) is 0 Å². The fourth-order valence-electron chi connectivity index (χ4n) is 1.62. The smallest absolute Gasteiger partial charge is 0.155 e. The Balaban J connectivity index is 2.27. The number of anilines is 1. The van der Waals surface area contributed by atoms with Crippen molar-refractivity contribution in [1.29, 1.82) is 0 Å². The average Bonchev–Trinajstić information content (AvgIpc) is 2.81. The molecule has 0 saturated heterocycles. The molecule has 1 heterocycles. The highest BCUT2D eigenvalue weighted by Crippen LogP contribution is 2.22. The van der Waals surface area contributed by atoms with Crippen LogP contribution in [0.25, 0.3) is 0 Å². The predicted molar refractivity (Wildman–Crippen MR) is 66.0 cm³/mol. The van der Waals surface area contributed by atoms with Gasteiger partial charge in [0.1, 0.15) is 5.82 Å². The van der Waals surface area contributed by atoms with Gasteiger partial charge in [-0.1, -0.05) is 6.07 Å². The van der Waals surface area contributed by atoms with Crippen LogP contribution in [0.15, 0.2) is 29.1 Å². The summed E-state index contributed by atoms with van der Waals surface area (Å²) < 4.78 is 13.4. The summed E-state index contributed by atoms with van der Waals surface area (Å²) in [6, 6.07) is 4.60. The third-order valence-corrected chi connectivity index (χ3v) is 3.08. The fourth-order valence-corrected chi connectivity index (χ4v) is 2.17. The average molecular weight is 250 g/mol. The molecule has 2 aromatic rings. The van der Waals surface area contributed by atoms with Crippen molar-refractivity contribution in [1.82, 2.24) is 4.98 Å². The van der Waals surface area contributed by atoms with Crippen molar-refractivity contribution >= 4 is 23.3 Å². The van der Waals surface area contributed by atoms with E-state index in [0.717, 1.165) is 5.69 Å². The number of aromatic nitrogens is 1. The normalized spacial score (nSPS) is 10.2. The van der Waals surface area contributed by atoms with E-state index in [0.29, 0.717) is 18.5 Å². The first-order valence-corrected chi connectivity index (χ1v) is 5.98. The Bertz CT molecular complexity index is 513. The number of thiazole rings is 1. The van der Waals surface area contributed by atoms with Crippen LogP contribution in [-0.4, -0.2) is 18.3 Å². The first-order chi connectivity index (χ1) is 8.22. The van der Waals surface area contributed by atoms with E-state index in [1.54, 1.807) is 24.7 Å². The van der Waals surface area contributed by atoms with Gasteiger partial charge in [-0.05, 0) is 12.1 Å². The van der Waals surface area contributed by atoms with Gasteiger partial charge in [0.05, 0.1) is 29.0 Å². The predicted octanol–water partition coefficient (Wildman–Crippen LogP) is 2.73. The zero-order valence-corrected chi connectivity index (χ0v) is 10.1. The van der Waals surface area contributed by atoms with E-state index < -0.39 is 5.82 Å². The molecule has 0 bridgehead atoms. The molecule has 0 amide bonds. The van der Waals surface area contributed by atoms with Crippen LogP contribution in [0.1, 0.15) is 16.1 Å². The number of halogens is 1. The second kappa shape index (κ2) is 5.05. The standard InChI is InChI=1S/C12H11FN2OS/c1-15(5-9-7-17-8-14-9)12-4-2-3-11(13)10(12)6-16/h2-4,6-8H,5H2,1H3. The molecule has 0 unspecified atom stereocenters. The van der Waals surface area contributed by atoms with Gasteiger partial charge in [0.25, 0.3) is 0 Å². The third-order valence-electron chi connectivity index (χ3n) is 2.44. The molecule has 5 heteroatoms. The highest BCUT2D eigenvalue weighted by molar-refractivity contribution is 7.07. The Morgan fingerprint density at radius 1 is 1.53 bits per heavy atom. The molecule has 0 N–H and O–H groups in total. The van der Waals surface area contributed by atoms with Crippen LogP contribution in [-0.2, 0) is 6.54 Å². The van der Waals surface area contributed by atoms with Crippen LogP contribution in [0, 0.1) is 5.82 Å². The maximum Gasteiger partial charge on any atom is 0.155 e. The van der Waals surface area contributed by atoms with E-state index in [4.69, 9.17) is 0 Å². The highest BCUT2D eigenvalue weighted by atomic mass is 32.1. The number of aldehydes is 1. The molecule has 0 aliphatic carbocycles.